The van der Waals surface area contributed by atoms with Gasteiger partial charge in [-0.15, -0.1) is 0 Å². The van der Waals surface area contributed by atoms with Gasteiger partial charge in [-0.05, 0) is 36.8 Å². The Morgan fingerprint density at radius 2 is 1.97 bits per heavy atom. The average Bonchev–Trinajstić information content (AvgIpc) is 2.83. The summed E-state index contributed by atoms with van der Waals surface area (Å²) < 4.78 is 41.6. The van der Waals surface area contributed by atoms with Gasteiger partial charge < -0.3 is 19.9 Å². The molecular formula is C23H26Cl2N3O6S+. The Hall–Kier alpha value is -2.37. The molecule has 35 heavy (non-hydrogen) atoms. The van der Waals surface area contributed by atoms with Gasteiger partial charge in [0.25, 0.3) is 12.1 Å². The maximum Gasteiger partial charge on any atom is 0.258 e. The minimum Gasteiger partial charge on any atom is -0.484 e. The zero-order valence-electron chi connectivity index (χ0n) is 19.1. The molecule has 1 amide bonds. The maximum atomic E-state index is 13.7. The quantitative estimate of drug-likeness (QED) is 0.543. The number of benzene rings is 2. The highest BCUT2D eigenvalue weighted by molar-refractivity contribution is 7.94. The van der Waals surface area contributed by atoms with Crippen LogP contribution < -0.4 is 14.4 Å². The lowest BCUT2D eigenvalue weighted by atomic mass is 10.1. The molecule has 0 radical (unpaired) electrons. The van der Waals surface area contributed by atoms with Gasteiger partial charge in [-0.1, -0.05) is 29.3 Å². The van der Waals surface area contributed by atoms with E-state index in [4.69, 9.17) is 32.7 Å². The molecule has 0 spiro atoms. The van der Waals surface area contributed by atoms with Gasteiger partial charge in [-0.2, -0.15) is 0 Å². The number of amides is 1. The van der Waals surface area contributed by atoms with Crippen molar-refractivity contribution in [2.45, 2.75) is 30.4 Å². The predicted octanol–water partition coefficient (Wildman–Crippen LogP) is 2.98. The van der Waals surface area contributed by atoms with Gasteiger partial charge in [0.1, 0.15) is 18.9 Å². The van der Waals surface area contributed by atoms with Gasteiger partial charge >= 0.3 is 0 Å². The van der Waals surface area contributed by atoms with Crippen molar-refractivity contribution >= 4 is 56.7 Å². The molecule has 0 bridgehead atoms. The minimum atomic E-state index is -3.88. The zero-order chi connectivity index (χ0) is 25.3. The van der Waals surface area contributed by atoms with Crippen LogP contribution in [0.5, 0.6) is 5.75 Å². The summed E-state index contributed by atoms with van der Waals surface area (Å²) in [6.07, 6.45) is 1.64. The molecule has 188 valence electrons. The molecule has 0 aliphatic carbocycles. The Morgan fingerprint density at radius 3 is 2.60 bits per heavy atom. The molecule has 0 saturated carbocycles. The topological polar surface area (TPSA) is 108 Å². The van der Waals surface area contributed by atoms with Crippen LogP contribution in [0.15, 0.2) is 36.4 Å². The van der Waals surface area contributed by atoms with Crippen LogP contribution >= 0.6 is 23.2 Å². The van der Waals surface area contributed by atoms with Crippen molar-refractivity contribution in [1.29, 1.82) is 0 Å². The van der Waals surface area contributed by atoms with Crippen molar-refractivity contribution in [1.82, 2.24) is 0 Å². The number of halogens is 2. The van der Waals surface area contributed by atoms with Gasteiger partial charge in [0, 0.05) is 19.2 Å². The summed E-state index contributed by atoms with van der Waals surface area (Å²) in [4.78, 5) is 12.8. The Kier molecular flexibility index (Phi) is 7.58. The molecule has 3 atom stereocenters. The molecule has 9 nitrogen and oxygen atoms in total. The van der Waals surface area contributed by atoms with E-state index in [1.165, 1.54) is 10.4 Å². The first-order valence-electron chi connectivity index (χ1n) is 10.9. The van der Waals surface area contributed by atoms with Crippen molar-refractivity contribution in [3.8, 4) is 5.75 Å². The van der Waals surface area contributed by atoms with Gasteiger partial charge in [0.2, 0.25) is 10.0 Å². The highest BCUT2D eigenvalue weighted by atomic mass is 35.5. The number of rotatable bonds is 6. The summed E-state index contributed by atoms with van der Waals surface area (Å²) >= 11 is 12.3. The number of hydrogen-bond donors (Lipinski definition) is 2. The second-order valence-electron chi connectivity index (χ2n) is 8.35. The number of methoxy groups -OCH3 is 1. The van der Waals surface area contributed by atoms with E-state index in [2.05, 4.69) is 5.32 Å². The second kappa shape index (κ2) is 10.3. The van der Waals surface area contributed by atoms with Gasteiger partial charge in [0.15, 0.2) is 11.5 Å². The summed E-state index contributed by atoms with van der Waals surface area (Å²) in [5, 5.41) is 12.0. The van der Waals surface area contributed by atoms with Gasteiger partial charge in [0.05, 0.1) is 34.4 Å². The number of aliphatic hydroxyl groups excluding tert-OH is 1. The summed E-state index contributed by atoms with van der Waals surface area (Å²) in [6, 6.07) is 9.40. The standard InChI is InChI=1S/C23H25Cl2N3O6S/c1-27-12-16(7-9-21(27)33-2)35(31,32)28-11-15(13-29)34-20-8-6-14(10-19(20)28)26-23(30)22-17(24)4-3-5-18(22)25/h3-6,8,10,12,15-16,21,29H,7,9,11,13H2,1-2H3/p+1. The normalized spacial score (nSPS) is 22.1. The molecule has 2 aromatic carbocycles. The first-order valence-corrected chi connectivity index (χ1v) is 13.2. The highest BCUT2D eigenvalue weighted by Gasteiger charge is 2.42. The number of carbonyl (C=O) groups excluding carboxylic acids is 1. The Balaban J connectivity index is 1.68. The molecule has 0 fully saturated rings. The number of nitrogens with one attached hydrogen (secondary N) is 1. The maximum absolute atomic E-state index is 13.7. The molecule has 2 aliphatic heterocycles. The van der Waals surface area contributed by atoms with E-state index in [0.29, 0.717) is 18.5 Å². The van der Waals surface area contributed by atoms with Crippen molar-refractivity contribution in [3.63, 3.8) is 0 Å². The van der Waals surface area contributed by atoms with Gasteiger partial charge in [-0.25, -0.2) is 13.0 Å². The van der Waals surface area contributed by atoms with E-state index in [1.807, 2.05) is 0 Å². The SMILES string of the molecule is COC1CCC(S(=O)(=O)N2CC(CO)Oc3ccc(NC(=O)c4c(Cl)cccc4Cl)cc32)C=[N+]1C. The van der Waals surface area contributed by atoms with Crippen LogP contribution in [0.4, 0.5) is 11.4 Å². The van der Waals surface area contributed by atoms with Crippen LogP contribution in [0.1, 0.15) is 23.2 Å². The molecule has 4 rings (SSSR count). The van der Waals surface area contributed by atoms with E-state index in [9.17, 15) is 18.3 Å². The fraction of sp³-hybridized carbons (Fsp3) is 0.391. The lowest BCUT2D eigenvalue weighted by Gasteiger charge is -2.36. The van der Waals surface area contributed by atoms with Crippen LogP contribution in [0, 0.1) is 0 Å². The molecule has 2 N–H and O–H groups in total. The van der Waals surface area contributed by atoms with E-state index >= 15 is 0 Å². The lowest BCUT2D eigenvalue weighted by molar-refractivity contribution is -0.588. The number of carbonyl (C=O) groups is 1. The van der Waals surface area contributed by atoms with E-state index in [-0.39, 0.29) is 46.4 Å². The number of fused-ring (bicyclic) bond motifs is 1. The minimum absolute atomic E-state index is 0.0681. The largest absolute Gasteiger partial charge is 0.484 e. The predicted molar refractivity (Wildman–Crippen MR) is 135 cm³/mol. The van der Waals surface area contributed by atoms with Crippen LogP contribution in [-0.4, -0.2) is 75.1 Å². The first-order chi connectivity index (χ1) is 16.6. The summed E-state index contributed by atoms with van der Waals surface area (Å²) in [6.45, 7) is -0.420. The van der Waals surface area contributed by atoms with Crippen LogP contribution in [0.3, 0.4) is 0 Å². The number of hydrogen-bond acceptors (Lipinski definition) is 6. The number of aliphatic hydroxyl groups is 1. The fourth-order valence-electron chi connectivity index (χ4n) is 4.25. The highest BCUT2D eigenvalue weighted by Crippen LogP contribution is 2.39. The molecule has 2 aliphatic rings. The average molecular weight is 543 g/mol. The number of nitrogens with zero attached hydrogens (tertiary/aromatic N) is 2. The van der Waals surface area contributed by atoms with Crippen LogP contribution in [0.25, 0.3) is 0 Å². The summed E-state index contributed by atoms with van der Waals surface area (Å²) in [5.41, 5.74) is 0.713. The number of ether oxygens (including phenoxy) is 2. The third-order valence-electron chi connectivity index (χ3n) is 6.06. The first kappa shape index (κ1) is 25.7. The smallest absolute Gasteiger partial charge is 0.258 e. The Labute approximate surface area is 213 Å². The monoisotopic (exact) mass is 542 g/mol. The molecule has 2 aromatic rings. The number of anilines is 2. The van der Waals surface area contributed by atoms with Crippen molar-refractivity contribution in [2.24, 2.45) is 0 Å². The summed E-state index contributed by atoms with van der Waals surface area (Å²) in [7, 11) is -0.529. The van der Waals surface area contributed by atoms with Crippen molar-refractivity contribution in [2.75, 3.05) is 36.9 Å². The third kappa shape index (κ3) is 5.12. The van der Waals surface area contributed by atoms with Crippen molar-refractivity contribution < 1.29 is 32.4 Å². The van der Waals surface area contributed by atoms with E-state index < -0.39 is 27.3 Å². The zero-order valence-corrected chi connectivity index (χ0v) is 21.5. The molecule has 2 heterocycles. The second-order valence-corrected chi connectivity index (χ2v) is 11.2. The fourth-order valence-corrected chi connectivity index (χ4v) is 6.72. The lowest BCUT2D eigenvalue weighted by Crippen LogP contribution is -2.50. The third-order valence-corrected chi connectivity index (χ3v) is 8.77. The van der Waals surface area contributed by atoms with Crippen molar-refractivity contribution in [3.05, 3.63) is 52.0 Å². The molecular weight excluding hydrogens is 517 g/mol. The van der Waals surface area contributed by atoms with Crippen LogP contribution in [-0.2, 0) is 14.8 Å². The molecule has 12 heteroatoms. The Bertz CT molecular complexity index is 1250. The van der Waals surface area contributed by atoms with E-state index in [0.717, 1.165) is 0 Å². The Morgan fingerprint density at radius 1 is 1.26 bits per heavy atom. The molecule has 0 aromatic heterocycles. The van der Waals surface area contributed by atoms with E-state index in [1.54, 1.807) is 55.3 Å². The molecule has 3 unspecified atom stereocenters. The van der Waals surface area contributed by atoms with Gasteiger partial charge in [-0.3, -0.25) is 9.10 Å². The summed E-state index contributed by atoms with van der Waals surface area (Å²) in [5.74, 6) is -0.251. The molecule has 0 saturated heterocycles. The number of sulfonamides is 1. The van der Waals surface area contributed by atoms with Crippen LogP contribution in [0.2, 0.25) is 10.0 Å².